The number of carbonyl (C=O) groups excluding carboxylic acids is 1. The molecule has 0 fully saturated rings. The number of nitrogens with two attached hydrogens (primary N) is 3. The maximum absolute atomic E-state index is 12.5. The molecule has 24 heavy (non-hydrogen) atoms. The zero-order chi connectivity index (χ0) is 17.1. The molecule has 1 aliphatic rings. The molecule has 0 bridgehead atoms. The summed E-state index contributed by atoms with van der Waals surface area (Å²) in [5.74, 6) is -0.0798. The molecule has 7 nitrogen and oxygen atoms in total. The number of rotatable bonds is 2. The van der Waals surface area contributed by atoms with Crippen LogP contribution in [0, 0.1) is 0 Å². The van der Waals surface area contributed by atoms with Crippen molar-refractivity contribution in [2.24, 2.45) is 27.2 Å². The van der Waals surface area contributed by atoms with Crippen molar-refractivity contribution in [1.82, 2.24) is 4.90 Å². The number of guanidine groups is 2. The first kappa shape index (κ1) is 16.0. The zero-order valence-corrected chi connectivity index (χ0v) is 13.8. The quantitative estimate of drug-likeness (QED) is 0.560. The van der Waals surface area contributed by atoms with E-state index >= 15 is 0 Å². The number of thiophene rings is 1. The maximum Gasteiger partial charge on any atom is 0.264 e. The van der Waals surface area contributed by atoms with E-state index < -0.39 is 0 Å². The lowest BCUT2D eigenvalue weighted by Gasteiger charge is -2.28. The Morgan fingerprint density at radius 1 is 1.17 bits per heavy atom. The summed E-state index contributed by atoms with van der Waals surface area (Å²) in [5, 5.41) is 1.91. The van der Waals surface area contributed by atoms with Crippen LogP contribution in [0.25, 0.3) is 0 Å². The third-order valence-electron chi connectivity index (χ3n) is 3.71. The van der Waals surface area contributed by atoms with Gasteiger partial charge in [0.05, 0.1) is 10.6 Å². The van der Waals surface area contributed by atoms with Crippen LogP contribution < -0.4 is 17.2 Å². The number of hydrogen-bond donors (Lipinski definition) is 3. The monoisotopic (exact) mass is 342 g/mol. The van der Waals surface area contributed by atoms with Gasteiger partial charge in [-0.25, -0.2) is 4.99 Å². The first-order valence-corrected chi connectivity index (χ1v) is 8.29. The second-order valence-corrected chi connectivity index (χ2v) is 6.36. The highest BCUT2D eigenvalue weighted by atomic mass is 32.1. The Morgan fingerprint density at radius 2 is 2.00 bits per heavy atom. The van der Waals surface area contributed by atoms with Crippen LogP contribution in [0.4, 0.5) is 5.69 Å². The number of benzene rings is 1. The van der Waals surface area contributed by atoms with E-state index in [1.165, 1.54) is 16.9 Å². The maximum atomic E-state index is 12.5. The smallest absolute Gasteiger partial charge is 0.264 e. The molecule has 0 atom stereocenters. The molecule has 2 heterocycles. The van der Waals surface area contributed by atoms with E-state index in [-0.39, 0.29) is 17.8 Å². The van der Waals surface area contributed by atoms with Crippen LogP contribution in [0.1, 0.15) is 20.8 Å². The predicted molar refractivity (Wildman–Crippen MR) is 96.3 cm³/mol. The van der Waals surface area contributed by atoms with Crippen LogP contribution in [0.2, 0.25) is 0 Å². The van der Waals surface area contributed by atoms with Crippen molar-refractivity contribution in [1.29, 1.82) is 0 Å². The molecule has 1 aliphatic heterocycles. The van der Waals surface area contributed by atoms with Crippen LogP contribution in [-0.2, 0) is 13.0 Å². The summed E-state index contributed by atoms with van der Waals surface area (Å²) >= 11 is 1.46. The van der Waals surface area contributed by atoms with E-state index in [0.29, 0.717) is 18.8 Å². The third-order valence-corrected chi connectivity index (χ3v) is 4.57. The summed E-state index contributed by atoms with van der Waals surface area (Å²) in [6.45, 7) is 1.26. The lowest BCUT2D eigenvalue weighted by Crippen LogP contribution is -2.35. The van der Waals surface area contributed by atoms with E-state index in [9.17, 15) is 4.79 Å². The van der Waals surface area contributed by atoms with E-state index in [4.69, 9.17) is 17.2 Å². The molecule has 0 radical (unpaired) electrons. The zero-order valence-electron chi connectivity index (χ0n) is 13.0. The first-order valence-electron chi connectivity index (χ1n) is 7.41. The highest BCUT2D eigenvalue weighted by Crippen LogP contribution is 2.26. The minimum atomic E-state index is -0.137. The first-order chi connectivity index (χ1) is 11.5. The van der Waals surface area contributed by atoms with Gasteiger partial charge in [0.2, 0.25) is 5.96 Å². The molecule has 0 saturated heterocycles. The minimum Gasteiger partial charge on any atom is -0.370 e. The Labute approximate surface area is 143 Å². The second-order valence-electron chi connectivity index (χ2n) is 5.41. The van der Waals surface area contributed by atoms with Gasteiger partial charge in [-0.1, -0.05) is 12.1 Å². The lowest BCUT2D eigenvalue weighted by atomic mass is 9.99. The predicted octanol–water partition coefficient (Wildman–Crippen LogP) is 1.17. The standard InChI is InChI=1S/C16H18N6OS/c17-15(18)21-16(19)20-12-4-3-10-5-6-22(9-11(10)8-12)14(23)13-2-1-7-24-13/h1-4,7-8H,5-6,9H2,(H6,17,18,19,20,21). The Kier molecular flexibility index (Phi) is 4.48. The molecule has 124 valence electrons. The molecular weight excluding hydrogens is 324 g/mol. The van der Waals surface area contributed by atoms with E-state index in [1.807, 2.05) is 40.6 Å². The summed E-state index contributed by atoms with van der Waals surface area (Å²) in [6.07, 6.45) is 0.819. The fourth-order valence-electron chi connectivity index (χ4n) is 2.63. The average molecular weight is 342 g/mol. The Balaban J connectivity index is 1.81. The highest BCUT2D eigenvalue weighted by molar-refractivity contribution is 7.12. The summed E-state index contributed by atoms with van der Waals surface area (Å²) in [5.41, 5.74) is 19.1. The molecule has 8 heteroatoms. The fraction of sp³-hybridized carbons (Fsp3) is 0.188. The lowest BCUT2D eigenvalue weighted by molar-refractivity contribution is 0.0739. The van der Waals surface area contributed by atoms with Crippen LogP contribution in [-0.4, -0.2) is 29.3 Å². The van der Waals surface area contributed by atoms with Crippen LogP contribution in [0.15, 0.2) is 45.7 Å². The average Bonchev–Trinajstić information content (AvgIpc) is 3.07. The molecule has 1 aromatic heterocycles. The van der Waals surface area contributed by atoms with Gasteiger partial charge in [0, 0.05) is 13.1 Å². The molecule has 2 aromatic rings. The number of aliphatic imine (C=N–C) groups is 2. The summed E-state index contributed by atoms with van der Waals surface area (Å²) in [7, 11) is 0. The number of hydrogen-bond acceptors (Lipinski definition) is 3. The van der Waals surface area contributed by atoms with Gasteiger partial charge in [0.1, 0.15) is 0 Å². The Bertz CT molecular complexity index is 808. The number of carbonyl (C=O) groups is 1. The van der Waals surface area contributed by atoms with Gasteiger partial charge in [0.15, 0.2) is 5.96 Å². The second kappa shape index (κ2) is 6.71. The Hall–Kier alpha value is -2.87. The Morgan fingerprint density at radius 3 is 2.71 bits per heavy atom. The van der Waals surface area contributed by atoms with Gasteiger partial charge in [0.25, 0.3) is 5.91 Å². The van der Waals surface area contributed by atoms with Crippen molar-refractivity contribution < 1.29 is 4.79 Å². The topological polar surface area (TPSA) is 123 Å². The van der Waals surface area contributed by atoms with Crippen molar-refractivity contribution in [3.05, 3.63) is 51.7 Å². The van der Waals surface area contributed by atoms with Gasteiger partial charge in [-0.15, -0.1) is 11.3 Å². The fourth-order valence-corrected chi connectivity index (χ4v) is 3.32. The third kappa shape index (κ3) is 3.54. The van der Waals surface area contributed by atoms with Crippen molar-refractivity contribution in [2.45, 2.75) is 13.0 Å². The number of nitrogens with zero attached hydrogens (tertiary/aromatic N) is 3. The normalized spacial score (nSPS) is 14.2. The summed E-state index contributed by atoms with van der Waals surface area (Å²) in [4.78, 5) is 23.0. The SMILES string of the molecule is NC(N)=NC(N)=Nc1ccc2c(c1)CN(C(=O)c1cccs1)CC2. The molecule has 0 saturated carbocycles. The van der Waals surface area contributed by atoms with Gasteiger partial charge in [-0.3, -0.25) is 4.79 Å². The van der Waals surface area contributed by atoms with E-state index in [0.717, 1.165) is 16.9 Å². The van der Waals surface area contributed by atoms with Gasteiger partial charge in [-0.2, -0.15) is 4.99 Å². The molecule has 0 aliphatic carbocycles. The minimum absolute atomic E-state index is 0.00252. The number of amides is 1. The van der Waals surface area contributed by atoms with Crippen molar-refractivity contribution in [3.8, 4) is 0 Å². The molecule has 1 amide bonds. The largest absolute Gasteiger partial charge is 0.370 e. The summed E-state index contributed by atoms with van der Waals surface area (Å²) < 4.78 is 0. The van der Waals surface area contributed by atoms with E-state index in [2.05, 4.69) is 9.98 Å². The molecule has 0 unspecified atom stereocenters. The summed E-state index contributed by atoms with van der Waals surface area (Å²) in [6, 6.07) is 9.51. The number of fused-ring (bicyclic) bond motifs is 1. The van der Waals surface area contributed by atoms with Crippen molar-refractivity contribution in [3.63, 3.8) is 0 Å². The molecular formula is C16H18N6OS. The molecule has 0 spiro atoms. The van der Waals surface area contributed by atoms with Crippen molar-refractivity contribution >= 4 is 34.9 Å². The van der Waals surface area contributed by atoms with Gasteiger partial charge in [-0.05, 0) is 41.1 Å². The van der Waals surface area contributed by atoms with Crippen LogP contribution in [0.3, 0.4) is 0 Å². The highest BCUT2D eigenvalue weighted by Gasteiger charge is 2.22. The van der Waals surface area contributed by atoms with Crippen molar-refractivity contribution in [2.75, 3.05) is 6.54 Å². The van der Waals surface area contributed by atoms with E-state index in [1.54, 1.807) is 0 Å². The molecule has 1 aromatic carbocycles. The van der Waals surface area contributed by atoms with Gasteiger partial charge >= 0.3 is 0 Å². The van der Waals surface area contributed by atoms with Crippen LogP contribution >= 0.6 is 11.3 Å². The molecule has 6 N–H and O–H groups in total. The van der Waals surface area contributed by atoms with Gasteiger partial charge < -0.3 is 22.1 Å². The molecule has 3 rings (SSSR count). The van der Waals surface area contributed by atoms with Crippen LogP contribution in [0.5, 0.6) is 0 Å².